The van der Waals surface area contributed by atoms with E-state index >= 15 is 0 Å². The lowest BCUT2D eigenvalue weighted by Crippen LogP contribution is -2.11. The highest BCUT2D eigenvalue weighted by Crippen LogP contribution is 2.24. The van der Waals surface area contributed by atoms with Crippen LogP contribution in [0.1, 0.15) is 32.3 Å². The molecule has 96 valence electrons. The molecule has 7 nitrogen and oxygen atoms in total. The number of hydrogen-bond donors (Lipinski definition) is 0. The number of nitrogens with zero attached hydrogens (tertiary/aromatic N) is 7. The van der Waals surface area contributed by atoms with Crippen molar-refractivity contribution in [2.24, 2.45) is 0 Å². The van der Waals surface area contributed by atoms with Gasteiger partial charge in [-0.15, -0.1) is 10.2 Å². The Morgan fingerprint density at radius 1 is 1.32 bits per heavy atom. The quantitative estimate of drug-likeness (QED) is 0.671. The fraction of sp³-hybridized carbons (Fsp3) is 0.364. The lowest BCUT2D eigenvalue weighted by molar-refractivity contribution is 0.572. The lowest BCUT2D eigenvalue weighted by Gasteiger charge is -2.13. The molecule has 0 amide bonds. The Labute approximate surface area is 113 Å². The zero-order valence-electron chi connectivity index (χ0n) is 10.7. The minimum Gasteiger partial charge on any atom is -0.222 e. The summed E-state index contributed by atoms with van der Waals surface area (Å²) in [7, 11) is 0. The third kappa shape index (κ3) is 1.98. The molecule has 0 aliphatic heterocycles. The average molecular weight is 273 g/mol. The van der Waals surface area contributed by atoms with Crippen LogP contribution in [0.25, 0.3) is 10.1 Å². The van der Waals surface area contributed by atoms with Crippen molar-refractivity contribution in [1.29, 1.82) is 5.26 Å². The SMILES string of the molecule is CC(C)(C)c1cn2nc(-n3cnc(C#N)n3)sc2n1. The zero-order valence-corrected chi connectivity index (χ0v) is 11.5. The van der Waals surface area contributed by atoms with E-state index < -0.39 is 0 Å². The normalized spacial score (nSPS) is 11.9. The van der Waals surface area contributed by atoms with Gasteiger partial charge < -0.3 is 0 Å². The maximum absolute atomic E-state index is 8.70. The third-order valence-corrected chi connectivity index (χ3v) is 3.50. The van der Waals surface area contributed by atoms with E-state index in [1.165, 1.54) is 22.3 Å². The van der Waals surface area contributed by atoms with E-state index in [4.69, 9.17) is 5.26 Å². The molecule has 0 aliphatic rings. The van der Waals surface area contributed by atoms with E-state index in [1.807, 2.05) is 12.3 Å². The van der Waals surface area contributed by atoms with Crippen LogP contribution in [0.4, 0.5) is 0 Å². The van der Waals surface area contributed by atoms with Crippen molar-refractivity contribution < 1.29 is 0 Å². The minimum atomic E-state index is -0.00514. The van der Waals surface area contributed by atoms with Crippen molar-refractivity contribution >= 4 is 16.3 Å². The predicted octanol–water partition coefficient (Wildman–Crippen LogP) is 1.54. The first kappa shape index (κ1) is 11.8. The molecule has 8 heteroatoms. The molecule has 0 fully saturated rings. The van der Waals surface area contributed by atoms with Crippen LogP contribution in [0.2, 0.25) is 0 Å². The summed E-state index contributed by atoms with van der Waals surface area (Å²) in [6, 6.07) is 1.89. The average Bonchev–Trinajstić information content (AvgIpc) is 3.00. The number of imidazole rings is 1. The Kier molecular flexibility index (Phi) is 2.40. The standard InChI is InChI=1S/C11H11N7S/c1-11(2,3)7-5-17-9(14-7)19-10(16-17)18-6-13-8(4-12)15-18/h5-6H,1-3H3. The van der Waals surface area contributed by atoms with Crippen LogP contribution in [0.5, 0.6) is 0 Å². The van der Waals surface area contributed by atoms with Gasteiger partial charge in [-0.2, -0.15) is 9.94 Å². The first-order chi connectivity index (χ1) is 8.97. The second-order valence-corrected chi connectivity index (χ2v) is 6.05. The van der Waals surface area contributed by atoms with Crippen molar-refractivity contribution in [3.05, 3.63) is 24.0 Å². The number of rotatable bonds is 1. The number of hydrogen-bond acceptors (Lipinski definition) is 6. The first-order valence-electron chi connectivity index (χ1n) is 5.66. The maximum atomic E-state index is 8.70. The van der Waals surface area contributed by atoms with Gasteiger partial charge in [-0.05, 0) is 0 Å². The Morgan fingerprint density at radius 3 is 2.68 bits per heavy atom. The summed E-state index contributed by atoms with van der Waals surface area (Å²) in [5, 5.41) is 17.7. The Bertz CT molecular complexity index is 749. The second kappa shape index (κ2) is 3.86. The summed E-state index contributed by atoms with van der Waals surface area (Å²) < 4.78 is 3.21. The lowest BCUT2D eigenvalue weighted by atomic mass is 9.93. The van der Waals surface area contributed by atoms with E-state index in [0.29, 0.717) is 5.13 Å². The Hall–Kier alpha value is -2.27. The summed E-state index contributed by atoms with van der Waals surface area (Å²) in [6.07, 6.45) is 3.39. The van der Waals surface area contributed by atoms with Gasteiger partial charge in [0, 0.05) is 5.41 Å². The van der Waals surface area contributed by atoms with E-state index in [2.05, 4.69) is 40.9 Å². The van der Waals surface area contributed by atoms with Gasteiger partial charge in [0.05, 0.1) is 11.9 Å². The van der Waals surface area contributed by atoms with Crippen LogP contribution in [0, 0.1) is 11.3 Å². The molecule has 0 N–H and O–H groups in total. The minimum absolute atomic E-state index is 0.00514. The van der Waals surface area contributed by atoms with Gasteiger partial charge in [-0.25, -0.2) is 14.5 Å². The molecule has 0 atom stereocenters. The summed E-state index contributed by atoms with van der Waals surface area (Å²) in [4.78, 5) is 9.20. The topological polar surface area (TPSA) is 84.7 Å². The van der Waals surface area contributed by atoms with Crippen molar-refractivity contribution in [3.8, 4) is 11.2 Å². The smallest absolute Gasteiger partial charge is 0.222 e. The van der Waals surface area contributed by atoms with Crippen molar-refractivity contribution in [2.45, 2.75) is 26.2 Å². The molecule has 0 saturated carbocycles. The van der Waals surface area contributed by atoms with E-state index in [9.17, 15) is 0 Å². The molecule has 0 unspecified atom stereocenters. The second-order valence-electron chi connectivity index (χ2n) is 5.11. The van der Waals surface area contributed by atoms with Gasteiger partial charge in [0.2, 0.25) is 10.1 Å². The summed E-state index contributed by atoms with van der Waals surface area (Å²) >= 11 is 1.40. The van der Waals surface area contributed by atoms with Gasteiger partial charge in [0.1, 0.15) is 12.4 Å². The van der Waals surface area contributed by atoms with Crippen molar-refractivity contribution in [1.82, 2.24) is 29.4 Å². The summed E-state index contributed by atoms with van der Waals surface area (Å²) in [5.41, 5.74) is 0.989. The highest BCUT2D eigenvalue weighted by atomic mass is 32.1. The highest BCUT2D eigenvalue weighted by molar-refractivity contribution is 7.19. The van der Waals surface area contributed by atoms with Crippen LogP contribution in [-0.2, 0) is 5.41 Å². The number of fused-ring (bicyclic) bond motifs is 1. The highest BCUT2D eigenvalue weighted by Gasteiger charge is 2.19. The van der Waals surface area contributed by atoms with E-state index in [1.54, 1.807) is 4.52 Å². The molecule has 3 heterocycles. The van der Waals surface area contributed by atoms with Gasteiger partial charge in [0.15, 0.2) is 0 Å². The fourth-order valence-corrected chi connectivity index (χ4v) is 2.35. The van der Waals surface area contributed by atoms with Crippen molar-refractivity contribution in [3.63, 3.8) is 0 Å². The Morgan fingerprint density at radius 2 is 2.11 bits per heavy atom. The monoisotopic (exact) mass is 273 g/mol. The van der Waals surface area contributed by atoms with Gasteiger partial charge in [0.25, 0.3) is 5.82 Å². The van der Waals surface area contributed by atoms with Crippen LogP contribution in [0.15, 0.2) is 12.5 Å². The van der Waals surface area contributed by atoms with Crippen molar-refractivity contribution in [2.75, 3.05) is 0 Å². The van der Waals surface area contributed by atoms with Crippen LogP contribution < -0.4 is 0 Å². The molecular weight excluding hydrogens is 262 g/mol. The molecule has 0 aromatic carbocycles. The zero-order chi connectivity index (χ0) is 13.6. The van der Waals surface area contributed by atoms with Crippen LogP contribution in [0.3, 0.4) is 0 Å². The fourth-order valence-electron chi connectivity index (χ4n) is 1.55. The summed E-state index contributed by atoms with van der Waals surface area (Å²) in [6.45, 7) is 6.32. The molecule has 19 heavy (non-hydrogen) atoms. The Balaban J connectivity index is 2.04. The third-order valence-electron chi connectivity index (χ3n) is 2.59. The molecule has 3 aromatic heterocycles. The largest absolute Gasteiger partial charge is 0.252 e. The first-order valence-corrected chi connectivity index (χ1v) is 6.48. The van der Waals surface area contributed by atoms with E-state index in [0.717, 1.165) is 10.7 Å². The van der Waals surface area contributed by atoms with Crippen LogP contribution in [-0.4, -0.2) is 29.4 Å². The molecular formula is C11H11N7S. The maximum Gasteiger partial charge on any atom is 0.252 e. The molecule has 0 radical (unpaired) electrons. The van der Waals surface area contributed by atoms with Gasteiger partial charge in [-0.1, -0.05) is 32.1 Å². The van der Waals surface area contributed by atoms with Gasteiger partial charge in [-0.3, -0.25) is 0 Å². The van der Waals surface area contributed by atoms with Gasteiger partial charge >= 0.3 is 0 Å². The van der Waals surface area contributed by atoms with Crippen LogP contribution >= 0.6 is 11.3 Å². The summed E-state index contributed by atoms with van der Waals surface area (Å²) in [5.74, 6) is 0.128. The number of nitriles is 1. The van der Waals surface area contributed by atoms with E-state index in [-0.39, 0.29) is 11.2 Å². The molecule has 0 spiro atoms. The molecule has 0 aliphatic carbocycles. The molecule has 0 bridgehead atoms. The number of aromatic nitrogens is 6. The molecule has 3 aromatic rings. The predicted molar refractivity (Wildman–Crippen MR) is 69.2 cm³/mol. The molecule has 0 saturated heterocycles. The molecule has 3 rings (SSSR count).